The lowest BCUT2D eigenvalue weighted by Crippen LogP contribution is -2.34. The highest BCUT2D eigenvalue weighted by atomic mass is 32.2. The van der Waals surface area contributed by atoms with E-state index in [1.807, 2.05) is 13.8 Å². The molecule has 0 saturated heterocycles. The third-order valence-electron chi connectivity index (χ3n) is 5.24. The Morgan fingerprint density at radius 2 is 2.03 bits per heavy atom. The zero-order valence-electron chi connectivity index (χ0n) is 19.7. The Bertz CT molecular complexity index is 1100. The number of nitrogens with one attached hydrogen (secondary N) is 2. The van der Waals surface area contributed by atoms with E-state index >= 15 is 0 Å². The number of hydrogen-bond donors (Lipinski definition) is 4. The minimum absolute atomic E-state index is 0.00573. The first-order valence-corrected chi connectivity index (χ1v) is 13.0. The third-order valence-corrected chi connectivity index (χ3v) is 7.62. The molecule has 1 atom stereocenters. The van der Waals surface area contributed by atoms with Crippen LogP contribution in [0.3, 0.4) is 0 Å². The summed E-state index contributed by atoms with van der Waals surface area (Å²) in [5.41, 5.74) is 2.16. The van der Waals surface area contributed by atoms with Gasteiger partial charge in [-0.15, -0.1) is 0 Å². The molecule has 1 aromatic rings. The Kier molecular flexibility index (Phi) is 7.33. The van der Waals surface area contributed by atoms with Gasteiger partial charge in [0.15, 0.2) is 11.6 Å². The van der Waals surface area contributed by atoms with E-state index in [0.717, 1.165) is 12.0 Å². The summed E-state index contributed by atoms with van der Waals surface area (Å²) in [5, 5.41) is 14.4. The van der Waals surface area contributed by atoms with E-state index in [-0.39, 0.29) is 29.2 Å². The summed E-state index contributed by atoms with van der Waals surface area (Å²) in [6.07, 6.45) is 0.731. The monoisotopic (exact) mass is 494 g/mol. The predicted octanol–water partition coefficient (Wildman–Crippen LogP) is 5.28. The first-order valence-electron chi connectivity index (χ1n) is 10.7. The highest BCUT2D eigenvalue weighted by Gasteiger charge is 2.43. The predicted molar refractivity (Wildman–Crippen MR) is 134 cm³/mol. The number of carbonyl (C=O) groups is 1. The van der Waals surface area contributed by atoms with Gasteiger partial charge in [0.05, 0.1) is 23.3 Å². The Hall–Kier alpha value is -2.26. The van der Waals surface area contributed by atoms with Crippen molar-refractivity contribution in [2.24, 2.45) is 10.2 Å². The minimum atomic E-state index is -3.76. The lowest BCUT2D eigenvalue weighted by atomic mass is 9.92. The maximum atomic E-state index is 13.8. The van der Waals surface area contributed by atoms with Gasteiger partial charge >= 0.3 is 7.52 Å². The number of carbonyl (C=O) groups excluding carboxylic acids is 1. The number of nitrogens with zero attached hydrogens (tertiary/aromatic N) is 2. The molecule has 2 aliphatic heterocycles. The van der Waals surface area contributed by atoms with Gasteiger partial charge in [0.2, 0.25) is 0 Å². The van der Waals surface area contributed by atoms with Crippen LogP contribution in [0.4, 0.5) is 11.4 Å². The number of allylic oxidation sites excluding steroid dienone is 1. The number of hydrogen-bond acceptors (Lipinski definition) is 8. The second-order valence-electron chi connectivity index (χ2n) is 9.28. The number of aliphatic hydroxyl groups is 1. The van der Waals surface area contributed by atoms with Crippen LogP contribution in [0.25, 0.3) is 0 Å². The van der Waals surface area contributed by atoms with Gasteiger partial charge in [-0.1, -0.05) is 20.8 Å². The molecule has 3 rings (SSSR count). The van der Waals surface area contributed by atoms with Crippen LogP contribution in [-0.4, -0.2) is 39.5 Å². The molecule has 9 nitrogen and oxygen atoms in total. The number of aliphatic hydroxyl groups excluding tert-OH is 1. The summed E-state index contributed by atoms with van der Waals surface area (Å²) in [6, 6.07) is 4.91. The fourth-order valence-electron chi connectivity index (χ4n) is 3.68. The van der Waals surface area contributed by atoms with Crippen molar-refractivity contribution in [1.82, 2.24) is 4.90 Å². The lowest BCUT2D eigenvalue weighted by Gasteiger charge is -2.26. The van der Waals surface area contributed by atoms with Crippen molar-refractivity contribution < 1.29 is 23.5 Å². The molecule has 2 aliphatic rings. The zero-order valence-corrected chi connectivity index (χ0v) is 21.4. The van der Waals surface area contributed by atoms with Crippen molar-refractivity contribution in [1.29, 1.82) is 0 Å². The maximum absolute atomic E-state index is 13.8. The molecule has 0 radical (unpaired) electrons. The molecule has 0 aliphatic carbocycles. The fourth-order valence-corrected chi connectivity index (χ4v) is 5.71. The number of fused-ring (bicyclic) bond motifs is 1. The number of amidine groups is 1. The van der Waals surface area contributed by atoms with Crippen molar-refractivity contribution in [3.05, 3.63) is 40.8 Å². The quantitative estimate of drug-likeness (QED) is 0.229. The summed E-state index contributed by atoms with van der Waals surface area (Å²) in [7, 11) is -3.76. The van der Waals surface area contributed by atoms with Crippen LogP contribution in [0.1, 0.15) is 48.0 Å². The Labute approximate surface area is 198 Å². The molecule has 33 heavy (non-hydrogen) atoms. The second kappa shape index (κ2) is 9.54. The molecule has 0 aromatic heterocycles. The molecular formula is C22H31N4O5PS. The minimum Gasteiger partial charge on any atom is -0.505 e. The molecule has 11 heteroatoms. The first-order chi connectivity index (χ1) is 15.4. The van der Waals surface area contributed by atoms with Crippen molar-refractivity contribution >= 4 is 48.2 Å². The van der Waals surface area contributed by atoms with Crippen LogP contribution >= 0.6 is 19.7 Å². The number of amides is 1. The standard InChI is InChI=1S/C22H31N4O5PS/c1-7-31-32(29)16-12-14(25-33-30)8-9-15(16)23-20(24-32)17-19(27)18(13(2)3)26(21(17)28)11-10-22(4,5)6/h8-9,12,25,27,30H,7,10-11H2,1-6H3,(H,23,24,29). The van der Waals surface area contributed by atoms with E-state index < -0.39 is 13.4 Å². The average molecular weight is 495 g/mol. The summed E-state index contributed by atoms with van der Waals surface area (Å²) in [5.74, 6) is -0.585. The topological polar surface area (TPSA) is 123 Å². The Balaban J connectivity index is 2.08. The number of benzene rings is 1. The number of anilines is 2. The SMILES string of the molecule is CCOP1(=O)N=C(C2=C(O)C(=C(C)C)N(CCC(C)(C)C)C2=O)Nc2ccc(NSO)cc21. The molecular weight excluding hydrogens is 463 g/mol. The highest BCUT2D eigenvalue weighted by molar-refractivity contribution is 7.95. The van der Waals surface area contributed by atoms with Crippen LogP contribution in [-0.2, 0) is 13.9 Å². The summed E-state index contributed by atoms with van der Waals surface area (Å²) < 4.78 is 35.4. The van der Waals surface area contributed by atoms with Gasteiger partial charge in [-0.2, -0.15) is 4.76 Å². The molecule has 2 heterocycles. The highest BCUT2D eigenvalue weighted by Crippen LogP contribution is 2.53. The van der Waals surface area contributed by atoms with Gasteiger partial charge in [0.25, 0.3) is 5.91 Å². The van der Waals surface area contributed by atoms with Gasteiger partial charge in [-0.05, 0) is 56.4 Å². The van der Waals surface area contributed by atoms with Gasteiger partial charge in [-0.25, -0.2) is 0 Å². The van der Waals surface area contributed by atoms with Gasteiger partial charge in [0.1, 0.15) is 17.8 Å². The first kappa shape index (κ1) is 25.4. The van der Waals surface area contributed by atoms with E-state index in [0.29, 0.717) is 41.1 Å². The zero-order chi connectivity index (χ0) is 24.6. The van der Waals surface area contributed by atoms with Gasteiger partial charge < -0.3 is 29.1 Å². The third kappa shape index (κ3) is 5.14. The Morgan fingerprint density at radius 3 is 2.61 bits per heavy atom. The maximum Gasteiger partial charge on any atom is 0.348 e. The average Bonchev–Trinajstić information content (AvgIpc) is 2.96. The van der Waals surface area contributed by atoms with Crippen molar-refractivity contribution in [2.45, 2.75) is 48.0 Å². The number of rotatable bonds is 7. The van der Waals surface area contributed by atoms with E-state index in [4.69, 9.17) is 9.08 Å². The smallest absolute Gasteiger partial charge is 0.348 e. The fraction of sp³-hybridized carbons (Fsp3) is 0.455. The molecule has 1 unspecified atom stereocenters. The van der Waals surface area contributed by atoms with Crippen LogP contribution in [0.5, 0.6) is 0 Å². The van der Waals surface area contributed by atoms with Crippen molar-refractivity contribution in [2.75, 3.05) is 23.2 Å². The van der Waals surface area contributed by atoms with E-state index in [1.165, 1.54) is 0 Å². The van der Waals surface area contributed by atoms with Crippen molar-refractivity contribution in [3.63, 3.8) is 0 Å². The van der Waals surface area contributed by atoms with Crippen molar-refractivity contribution in [3.8, 4) is 0 Å². The molecule has 1 aromatic carbocycles. The van der Waals surface area contributed by atoms with Crippen LogP contribution in [0.2, 0.25) is 0 Å². The largest absolute Gasteiger partial charge is 0.505 e. The molecule has 180 valence electrons. The van der Waals surface area contributed by atoms with Gasteiger partial charge in [-0.3, -0.25) is 9.36 Å². The molecule has 0 saturated carbocycles. The summed E-state index contributed by atoms with van der Waals surface area (Å²) in [6.45, 7) is 12.2. The summed E-state index contributed by atoms with van der Waals surface area (Å²) in [4.78, 5) is 15.0. The van der Waals surface area contributed by atoms with Crippen LogP contribution in [0.15, 0.2) is 45.6 Å². The molecule has 0 bridgehead atoms. The Morgan fingerprint density at radius 1 is 1.33 bits per heavy atom. The second-order valence-corrected chi connectivity index (χ2v) is 11.6. The van der Waals surface area contributed by atoms with E-state index in [1.54, 1.807) is 30.0 Å². The van der Waals surface area contributed by atoms with E-state index in [9.17, 15) is 14.5 Å². The summed E-state index contributed by atoms with van der Waals surface area (Å²) >= 11 is 0.417. The van der Waals surface area contributed by atoms with E-state index in [2.05, 4.69) is 35.6 Å². The van der Waals surface area contributed by atoms with Crippen LogP contribution < -0.4 is 15.3 Å². The normalized spacial score (nSPS) is 20.6. The molecule has 4 N–H and O–H groups in total. The van der Waals surface area contributed by atoms with Gasteiger partial charge in [0, 0.05) is 12.2 Å². The molecule has 0 fully saturated rings. The van der Waals surface area contributed by atoms with Crippen LogP contribution in [0, 0.1) is 5.41 Å². The molecule has 0 spiro atoms. The lowest BCUT2D eigenvalue weighted by molar-refractivity contribution is -0.124. The molecule has 1 amide bonds.